The highest BCUT2D eigenvalue weighted by Gasteiger charge is 2.34. The Labute approximate surface area is 135 Å². The number of hydrogen-bond donors (Lipinski definition) is 0. The minimum Gasteiger partial charge on any atom is -0.319 e. The first kappa shape index (κ1) is 16.2. The summed E-state index contributed by atoms with van der Waals surface area (Å²) in [6.07, 6.45) is 4.27. The van der Waals surface area contributed by atoms with Gasteiger partial charge in [0, 0.05) is 42.8 Å². The second-order valence-electron chi connectivity index (χ2n) is 7.07. The van der Waals surface area contributed by atoms with E-state index in [1.807, 2.05) is 18.2 Å². The SMILES string of the molecule is CC(C)N1CCC(N2CCP(=O)(c3ccccc3)CC2)CC1. The average Bonchev–Trinajstić information content (AvgIpc) is 2.56. The Morgan fingerprint density at radius 2 is 1.59 bits per heavy atom. The second-order valence-corrected chi connectivity index (χ2v) is 10.3. The van der Waals surface area contributed by atoms with E-state index in [1.54, 1.807) is 0 Å². The van der Waals surface area contributed by atoms with Crippen LogP contribution in [0.4, 0.5) is 0 Å². The van der Waals surface area contributed by atoms with Gasteiger partial charge in [0.15, 0.2) is 0 Å². The van der Waals surface area contributed by atoms with Gasteiger partial charge in [-0.15, -0.1) is 0 Å². The summed E-state index contributed by atoms with van der Waals surface area (Å²) in [5.41, 5.74) is 0. The molecule has 0 N–H and O–H groups in total. The predicted molar refractivity (Wildman–Crippen MR) is 94.7 cm³/mol. The van der Waals surface area contributed by atoms with Gasteiger partial charge in [-0.2, -0.15) is 0 Å². The van der Waals surface area contributed by atoms with Gasteiger partial charge < -0.3 is 9.46 Å². The summed E-state index contributed by atoms with van der Waals surface area (Å²) < 4.78 is 13.2. The van der Waals surface area contributed by atoms with Gasteiger partial charge in [0.1, 0.15) is 7.14 Å². The summed E-state index contributed by atoms with van der Waals surface area (Å²) in [6.45, 7) is 9.04. The van der Waals surface area contributed by atoms with Crippen molar-refractivity contribution in [2.45, 2.75) is 38.8 Å². The fraction of sp³-hybridized carbons (Fsp3) is 0.667. The summed E-state index contributed by atoms with van der Waals surface area (Å²) in [5, 5.41) is 1.09. The molecule has 2 saturated heterocycles. The molecule has 2 heterocycles. The monoisotopic (exact) mass is 320 g/mol. The number of likely N-dealkylation sites (tertiary alicyclic amines) is 1. The van der Waals surface area contributed by atoms with Crippen LogP contribution in [0.2, 0.25) is 0 Å². The summed E-state index contributed by atoms with van der Waals surface area (Å²) in [4.78, 5) is 5.19. The van der Waals surface area contributed by atoms with Crippen LogP contribution in [0.1, 0.15) is 26.7 Å². The molecule has 0 amide bonds. The predicted octanol–water partition coefficient (Wildman–Crippen LogP) is 2.86. The van der Waals surface area contributed by atoms with Gasteiger partial charge in [0.25, 0.3) is 0 Å². The van der Waals surface area contributed by atoms with Crippen molar-refractivity contribution in [1.29, 1.82) is 0 Å². The van der Waals surface area contributed by atoms with Gasteiger partial charge in [-0.1, -0.05) is 30.3 Å². The van der Waals surface area contributed by atoms with E-state index < -0.39 is 7.14 Å². The van der Waals surface area contributed by atoms with E-state index in [9.17, 15) is 4.57 Å². The molecule has 0 saturated carbocycles. The van der Waals surface area contributed by atoms with Crippen LogP contribution in [0.15, 0.2) is 30.3 Å². The Bertz CT molecular complexity index is 511. The molecule has 2 aliphatic rings. The molecule has 1 aromatic carbocycles. The molecular formula is C18H29N2OP. The Morgan fingerprint density at radius 3 is 2.14 bits per heavy atom. The zero-order valence-corrected chi connectivity index (χ0v) is 14.8. The molecule has 122 valence electrons. The van der Waals surface area contributed by atoms with E-state index in [-0.39, 0.29) is 0 Å². The molecule has 0 atom stereocenters. The second kappa shape index (κ2) is 6.86. The number of piperidine rings is 1. The fourth-order valence-electron chi connectivity index (χ4n) is 3.89. The van der Waals surface area contributed by atoms with Gasteiger partial charge in [0.05, 0.1) is 0 Å². The van der Waals surface area contributed by atoms with Crippen LogP contribution in [-0.4, -0.2) is 60.4 Å². The van der Waals surface area contributed by atoms with Gasteiger partial charge >= 0.3 is 0 Å². The zero-order valence-electron chi connectivity index (χ0n) is 13.9. The van der Waals surface area contributed by atoms with Gasteiger partial charge in [-0.3, -0.25) is 4.90 Å². The average molecular weight is 320 g/mol. The van der Waals surface area contributed by atoms with Crippen LogP contribution in [0.5, 0.6) is 0 Å². The number of hydrogen-bond acceptors (Lipinski definition) is 3. The van der Waals surface area contributed by atoms with Gasteiger partial charge in [0.2, 0.25) is 0 Å². The molecule has 0 unspecified atom stereocenters. The molecule has 2 fully saturated rings. The summed E-state index contributed by atoms with van der Waals surface area (Å²) >= 11 is 0. The Hall–Kier alpha value is -0.630. The Morgan fingerprint density at radius 1 is 1.00 bits per heavy atom. The van der Waals surface area contributed by atoms with Crippen LogP contribution < -0.4 is 5.30 Å². The molecule has 4 heteroatoms. The zero-order chi connectivity index (χ0) is 15.6. The topological polar surface area (TPSA) is 23.6 Å². The molecule has 0 radical (unpaired) electrons. The largest absolute Gasteiger partial charge is 0.319 e. The van der Waals surface area contributed by atoms with Gasteiger partial charge in [-0.25, -0.2) is 0 Å². The normalized spacial score (nSPS) is 24.7. The van der Waals surface area contributed by atoms with Crippen molar-refractivity contribution >= 4 is 12.4 Å². The first-order valence-corrected chi connectivity index (χ1v) is 10.8. The Balaban J connectivity index is 1.55. The van der Waals surface area contributed by atoms with Crippen molar-refractivity contribution in [2.75, 3.05) is 38.5 Å². The maximum absolute atomic E-state index is 13.2. The molecular weight excluding hydrogens is 291 g/mol. The minimum absolute atomic E-state index is 0.667. The van der Waals surface area contributed by atoms with Crippen LogP contribution in [0, 0.1) is 0 Å². The standard InChI is InChI=1S/C18H29N2OP/c1-16(2)19-10-8-17(9-11-19)20-12-14-22(21,15-13-20)18-6-4-3-5-7-18/h3-7,16-17H,8-15H2,1-2H3. The minimum atomic E-state index is -2.13. The van der Waals surface area contributed by atoms with Crippen molar-refractivity contribution in [1.82, 2.24) is 9.80 Å². The molecule has 0 aliphatic carbocycles. The summed E-state index contributed by atoms with van der Waals surface area (Å²) in [6, 6.07) is 11.5. The van der Waals surface area contributed by atoms with Crippen molar-refractivity contribution in [2.24, 2.45) is 0 Å². The molecule has 0 spiro atoms. The van der Waals surface area contributed by atoms with Gasteiger partial charge in [-0.05, 0) is 39.8 Å². The van der Waals surface area contributed by atoms with E-state index in [4.69, 9.17) is 0 Å². The lowest BCUT2D eigenvalue weighted by molar-refractivity contribution is 0.0974. The van der Waals surface area contributed by atoms with E-state index in [1.165, 1.54) is 25.9 Å². The smallest absolute Gasteiger partial charge is 0.118 e. The van der Waals surface area contributed by atoms with Crippen LogP contribution in [0.3, 0.4) is 0 Å². The summed E-state index contributed by atoms with van der Waals surface area (Å²) in [7, 11) is -2.13. The van der Waals surface area contributed by atoms with Crippen molar-refractivity contribution in [3.8, 4) is 0 Å². The van der Waals surface area contributed by atoms with E-state index >= 15 is 0 Å². The lowest BCUT2D eigenvalue weighted by Gasteiger charge is -2.42. The third kappa shape index (κ3) is 3.48. The molecule has 2 aliphatic heterocycles. The van der Waals surface area contributed by atoms with E-state index in [2.05, 4.69) is 35.8 Å². The highest BCUT2D eigenvalue weighted by Crippen LogP contribution is 2.46. The Kier molecular flexibility index (Phi) is 5.07. The third-order valence-corrected chi connectivity index (χ3v) is 8.55. The molecule has 0 aromatic heterocycles. The lowest BCUT2D eigenvalue weighted by Crippen LogP contribution is -2.50. The maximum atomic E-state index is 13.2. The maximum Gasteiger partial charge on any atom is 0.118 e. The molecule has 0 bridgehead atoms. The lowest BCUT2D eigenvalue weighted by atomic mass is 10.0. The van der Waals surface area contributed by atoms with Crippen LogP contribution in [-0.2, 0) is 4.57 Å². The number of benzene rings is 1. The highest BCUT2D eigenvalue weighted by atomic mass is 31.2. The summed E-state index contributed by atoms with van der Waals surface area (Å²) in [5.74, 6) is 0. The molecule has 3 rings (SSSR count). The van der Waals surface area contributed by atoms with Crippen molar-refractivity contribution in [3.63, 3.8) is 0 Å². The first-order valence-electron chi connectivity index (χ1n) is 8.70. The quantitative estimate of drug-likeness (QED) is 0.800. The third-order valence-electron chi connectivity index (χ3n) is 5.47. The van der Waals surface area contributed by atoms with Crippen LogP contribution >= 0.6 is 7.14 Å². The van der Waals surface area contributed by atoms with E-state index in [0.29, 0.717) is 12.1 Å². The number of rotatable bonds is 3. The van der Waals surface area contributed by atoms with Crippen molar-refractivity contribution < 1.29 is 4.57 Å². The fourth-order valence-corrected chi connectivity index (χ4v) is 6.51. The number of nitrogens with zero attached hydrogens (tertiary/aromatic N) is 2. The van der Waals surface area contributed by atoms with Crippen molar-refractivity contribution in [3.05, 3.63) is 30.3 Å². The molecule has 1 aromatic rings. The molecule has 3 nitrogen and oxygen atoms in total. The van der Waals surface area contributed by atoms with Crippen LogP contribution in [0.25, 0.3) is 0 Å². The molecule has 22 heavy (non-hydrogen) atoms. The highest BCUT2D eigenvalue weighted by molar-refractivity contribution is 7.71. The first-order chi connectivity index (χ1) is 10.6. The van der Waals surface area contributed by atoms with E-state index in [0.717, 1.165) is 30.7 Å².